The Morgan fingerprint density at radius 3 is 2.33 bits per heavy atom. The van der Waals surface area contributed by atoms with Gasteiger partial charge in [-0.2, -0.15) is 0 Å². The van der Waals surface area contributed by atoms with Crippen LogP contribution in [0.5, 0.6) is 0 Å². The molecule has 0 aliphatic rings. The molecule has 1 N–H and O–H groups in total. The molecule has 0 bridgehead atoms. The first-order valence-corrected chi connectivity index (χ1v) is 6.34. The minimum Gasteiger partial charge on any atom is -0.467 e. The third-order valence-corrected chi connectivity index (χ3v) is 4.13. The minimum absolute atomic E-state index is 0.0847. The molecule has 1 rings (SSSR count). The Hall–Kier alpha value is -0.190. The molecule has 0 heterocycles. The maximum Gasteiger partial charge on any atom is 0.337 e. The fourth-order valence-electron chi connectivity index (χ4n) is 1.41. The van der Waals surface area contributed by atoms with Gasteiger partial charge in [-0.25, -0.2) is 4.79 Å². The number of hydrogen-bond donors (Lipinski definition) is 1. The Morgan fingerprint density at radius 1 is 1.28 bits per heavy atom. The van der Waals surface area contributed by atoms with Crippen LogP contribution in [0.4, 0.5) is 0 Å². The number of benzene rings is 1. The van der Waals surface area contributed by atoms with Crippen LogP contribution in [0.15, 0.2) is 6.07 Å². The topological polar surface area (TPSA) is 46.5 Å². The maximum absolute atomic E-state index is 11.4. The molecular weight excluding hydrogens is 322 g/mol. The molecule has 7 heteroatoms. The van der Waals surface area contributed by atoms with Crippen LogP contribution in [0, 0.1) is 0 Å². The largest absolute Gasteiger partial charge is 0.467 e. The van der Waals surface area contributed by atoms with Crippen molar-refractivity contribution in [2.45, 2.75) is 18.9 Å². The average Bonchev–Trinajstić information content (AvgIpc) is 2.31. The van der Waals surface area contributed by atoms with E-state index in [0.717, 1.165) is 0 Å². The van der Waals surface area contributed by atoms with E-state index < -0.39 is 11.6 Å². The lowest BCUT2D eigenvalue weighted by molar-refractivity contribution is -0.160. The van der Waals surface area contributed by atoms with Gasteiger partial charge < -0.3 is 9.84 Å². The van der Waals surface area contributed by atoms with E-state index in [2.05, 4.69) is 4.74 Å². The van der Waals surface area contributed by atoms with Gasteiger partial charge in [0, 0.05) is 6.42 Å². The number of halogens is 4. The van der Waals surface area contributed by atoms with Gasteiger partial charge in [-0.15, -0.1) is 0 Å². The molecule has 0 radical (unpaired) electrons. The number of hydrogen-bond acceptors (Lipinski definition) is 3. The molecule has 0 fully saturated rings. The Kier molecular flexibility index (Phi) is 5.15. The fraction of sp³-hybridized carbons (Fsp3) is 0.364. The standard InChI is InChI=1S/C11H10Cl4O3/c1-11(17,10(16)18-2)4-5-3-6(12)8(14)9(15)7(5)13/h3,17H,4H2,1-2H3. The molecule has 18 heavy (non-hydrogen) atoms. The van der Waals surface area contributed by atoms with Crippen LogP contribution in [-0.4, -0.2) is 23.8 Å². The van der Waals surface area contributed by atoms with Crippen LogP contribution in [-0.2, 0) is 16.0 Å². The van der Waals surface area contributed by atoms with E-state index >= 15 is 0 Å². The van der Waals surface area contributed by atoms with Gasteiger partial charge in [-0.05, 0) is 18.6 Å². The molecule has 1 aromatic carbocycles. The number of esters is 1. The lowest BCUT2D eigenvalue weighted by atomic mass is 9.96. The Balaban J connectivity index is 3.17. The zero-order valence-electron chi connectivity index (χ0n) is 9.56. The van der Waals surface area contributed by atoms with Crippen molar-refractivity contribution in [2.75, 3.05) is 7.11 Å². The summed E-state index contributed by atoms with van der Waals surface area (Å²) in [5, 5.41) is 10.5. The summed E-state index contributed by atoms with van der Waals surface area (Å²) < 4.78 is 4.49. The molecule has 3 nitrogen and oxygen atoms in total. The van der Waals surface area contributed by atoms with Crippen LogP contribution < -0.4 is 0 Å². The second-order valence-corrected chi connectivity index (χ2v) is 5.44. The van der Waals surface area contributed by atoms with E-state index in [1.807, 2.05) is 0 Å². The van der Waals surface area contributed by atoms with Crippen molar-refractivity contribution in [2.24, 2.45) is 0 Å². The highest BCUT2D eigenvalue weighted by Crippen LogP contribution is 2.39. The molecule has 0 aliphatic heterocycles. The van der Waals surface area contributed by atoms with E-state index in [1.165, 1.54) is 20.1 Å². The van der Waals surface area contributed by atoms with Gasteiger partial charge in [-0.3, -0.25) is 0 Å². The lowest BCUT2D eigenvalue weighted by Gasteiger charge is -2.21. The quantitative estimate of drug-likeness (QED) is 0.521. The summed E-state index contributed by atoms with van der Waals surface area (Å²) in [5.41, 5.74) is -1.31. The number of carbonyl (C=O) groups excluding carboxylic acids is 1. The third-order valence-electron chi connectivity index (χ3n) is 2.34. The first-order valence-electron chi connectivity index (χ1n) is 4.83. The normalized spacial score (nSPS) is 14.2. The highest BCUT2D eigenvalue weighted by Gasteiger charge is 2.33. The summed E-state index contributed by atoms with van der Waals surface area (Å²) in [6.07, 6.45) is -0.0882. The molecule has 0 aliphatic carbocycles. The first-order chi connectivity index (χ1) is 8.20. The third kappa shape index (κ3) is 3.22. The summed E-state index contributed by atoms with van der Waals surface area (Å²) in [6, 6.07) is 1.45. The van der Waals surface area contributed by atoms with Gasteiger partial charge in [0.2, 0.25) is 0 Å². The first kappa shape index (κ1) is 15.9. The molecule has 1 aromatic rings. The van der Waals surface area contributed by atoms with Crippen molar-refractivity contribution in [1.82, 2.24) is 0 Å². The van der Waals surface area contributed by atoms with Crippen molar-refractivity contribution in [1.29, 1.82) is 0 Å². The average molecular weight is 332 g/mol. The monoisotopic (exact) mass is 330 g/mol. The maximum atomic E-state index is 11.4. The zero-order chi connectivity index (χ0) is 14.1. The van der Waals surface area contributed by atoms with Crippen LogP contribution in [0.3, 0.4) is 0 Å². The Labute approximate surface area is 125 Å². The van der Waals surface area contributed by atoms with Crippen LogP contribution in [0.25, 0.3) is 0 Å². The van der Waals surface area contributed by atoms with E-state index in [1.54, 1.807) is 0 Å². The highest BCUT2D eigenvalue weighted by atomic mass is 35.5. The smallest absolute Gasteiger partial charge is 0.337 e. The predicted octanol–water partition coefficient (Wildman–Crippen LogP) is 3.77. The number of rotatable bonds is 3. The molecule has 1 unspecified atom stereocenters. The lowest BCUT2D eigenvalue weighted by Crippen LogP contribution is -2.38. The predicted molar refractivity (Wildman–Crippen MR) is 72.8 cm³/mol. The zero-order valence-corrected chi connectivity index (χ0v) is 12.6. The second-order valence-electron chi connectivity index (χ2n) is 3.90. The van der Waals surface area contributed by atoms with Crippen molar-refractivity contribution in [3.63, 3.8) is 0 Å². The van der Waals surface area contributed by atoms with Gasteiger partial charge >= 0.3 is 5.97 Å². The Morgan fingerprint density at radius 2 is 1.83 bits per heavy atom. The molecule has 100 valence electrons. The van der Waals surface area contributed by atoms with Crippen molar-refractivity contribution in [3.05, 3.63) is 31.7 Å². The molecule has 0 amide bonds. The van der Waals surface area contributed by atoms with Gasteiger partial charge in [0.1, 0.15) is 0 Å². The number of carbonyl (C=O) groups is 1. The summed E-state index contributed by atoms with van der Waals surface area (Å²) >= 11 is 23.5. The SMILES string of the molecule is COC(=O)C(C)(O)Cc1cc(Cl)c(Cl)c(Cl)c1Cl. The van der Waals surface area contributed by atoms with Crippen molar-refractivity contribution < 1.29 is 14.6 Å². The van der Waals surface area contributed by atoms with Crippen molar-refractivity contribution in [3.8, 4) is 0 Å². The van der Waals surface area contributed by atoms with Crippen LogP contribution >= 0.6 is 46.4 Å². The molecular formula is C11H10Cl4O3. The number of ether oxygens (including phenoxy) is 1. The van der Waals surface area contributed by atoms with E-state index in [4.69, 9.17) is 46.4 Å². The summed E-state index contributed by atoms with van der Waals surface area (Å²) in [4.78, 5) is 11.4. The fourth-order valence-corrected chi connectivity index (χ4v) is 2.32. The van der Waals surface area contributed by atoms with E-state index in [9.17, 15) is 9.90 Å². The van der Waals surface area contributed by atoms with E-state index in [-0.39, 0.29) is 26.5 Å². The van der Waals surface area contributed by atoms with Gasteiger partial charge in [0.15, 0.2) is 5.60 Å². The highest BCUT2D eigenvalue weighted by molar-refractivity contribution is 6.52. The number of aliphatic hydroxyl groups is 1. The molecule has 0 spiro atoms. The summed E-state index contributed by atoms with van der Waals surface area (Å²) in [7, 11) is 1.18. The molecule has 0 saturated carbocycles. The van der Waals surface area contributed by atoms with Gasteiger partial charge in [0.25, 0.3) is 0 Å². The van der Waals surface area contributed by atoms with E-state index in [0.29, 0.717) is 5.56 Å². The van der Waals surface area contributed by atoms with Gasteiger partial charge in [-0.1, -0.05) is 46.4 Å². The van der Waals surface area contributed by atoms with Crippen molar-refractivity contribution >= 4 is 52.4 Å². The number of methoxy groups -OCH3 is 1. The van der Waals surface area contributed by atoms with Crippen LogP contribution in [0.1, 0.15) is 12.5 Å². The molecule has 0 aromatic heterocycles. The molecule has 1 atom stereocenters. The Bertz CT molecular complexity index is 486. The van der Waals surface area contributed by atoms with Gasteiger partial charge in [0.05, 0.1) is 27.2 Å². The second kappa shape index (κ2) is 5.85. The minimum atomic E-state index is -1.72. The van der Waals surface area contributed by atoms with Crippen LogP contribution in [0.2, 0.25) is 20.1 Å². The molecule has 0 saturated heterocycles. The summed E-state index contributed by atoms with van der Waals surface area (Å²) in [5.74, 6) is -0.777. The summed E-state index contributed by atoms with van der Waals surface area (Å²) in [6.45, 7) is 1.31.